The molecule has 1 unspecified atom stereocenters. The van der Waals surface area contributed by atoms with E-state index in [1.54, 1.807) is 6.07 Å². The molecule has 1 atom stereocenters. The average molecular weight is 445 g/mol. The second-order valence-corrected chi connectivity index (χ2v) is 7.72. The Labute approximate surface area is 140 Å². The number of benzene rings is 1. The van der Waals surface area contributed by atoms with E-state index in [0.717, 1.165) is 5.56 Å². The van der Waals surface area contributed by atoms with Crippen molar-refractivity contribution >= 4 is 47.9 Å². The lowest BCUT2D eigenvalue weighted by Crippen LogP contribution is -2.41. The van der Waals surface area contributed by atoms with Gasteiger partial charge in [-0.1, -0.05) is 15.9 Å². The summed E-state index contributed by atoms with van der Waals surface area (Å²) in [5.41, 5.74) is 0.856. The van der Waals surface area contributed by atoms with Crippen molar-refractivity contribution in [1.29, 1.82) is 0 Å². The third-order valence-electron chi connectivity index (χ3n) is 2.71. The van der Waals surface area contributed by atoms with Crippen LogP contribution >= 0.6 is 31.9 Å². The van der Waals surface area contributed by atoms with Crippen molar-refractivity contribution in [2.45, 2.75) is 24.3 Å². The molecule has 0 aliphatic heterocycles. The Morgan fingerprint density at radius 1 is 1.38 bits per heavy atom. The minimum Gasteiger partial charge on any atom is -0.480 e. The maximum atomic E-state index is 12.3. The number of carboxylic acid groups (broad SMARTS) is 1. The molecule has 1 aromatic rings. The van der Waals surface area contributed by atoms with E-state index in [1.165, 1.54) is 13.2 Å². The predicted molar refractivity (Wildman–Crippen MR) is 84.8 cm³/mol. The molecule has 0 aliphatic carbocycles. The molecule has 0 bridgehead atoms. The number of carbonyl (C=O) groups is 1. The lowest BCUT2D eigenvalue weighted by molar-refractivity contribution is -0.139. The number of carboxylic acids is 1. The van der Waals surface area contributed by atoms with Gasteiger partial charge in [0.1, 0.15) is 6.04 Å². The fraction of sp³-hybridized carbons (Fsp3) is 0.417. The highest BCUT2D eigenvalue weighted by Crippen LogP contribution is 2.28. The minimum absolute atomic E-state index is 0.0244. The van der Waals surface area contributed by atoms with Crippen LogP contribution in [0.4, 0.5) is 0 Å². The molecule has 2 N–H and O–H groups in total. The van der Waals surface area contributed by atoms with Crippen LogP contribution in [-0.4, -0.2) is 39.3 Å². The first-order chi connectivity index (χ1) is 9.69. The minimum atomic E-state index is -3.97. The van der Waals surface area contributed by atoms with Gasteiger partial charge >= 0.3 is 5.97 Å². The highest BCUT2D eigenvalue weighted by atomic mass is 79.9. The highest BCUT2D eigenvalue weighted by Gasteiger charge is 2.27. The number of ether oxygens (including phenoxy) is 1. The number of sulfonamides is 1. The Hall–Kier alpha value is -0.480. The van der Waals surface area contributed by atoms with Gasteiger partial charge in [0, 0.05) is 22.7 Å². The molecule has 0 radical (unpaired) electrons. The number of nitrogens with one attached hydrogen (secondary N) is 1. The molecule has 118 valence electrons. The highest BCUT2D eigenvalue weighted by molar-refractivity contribution is 9.11. The Kier molecular flexibility index (Phi) is 6.79. The summed E-state index contributed by atoms with van der Waals surface area (Å²) in [6, 6.07) is 1.82. The quantitative estimate of drug-likeness (QED) is 0.672. The molecule has 0 saturated heterocycles. The molecule has 0 aliphatic rings. The van der Waals surface area contributed by atoms with Gasteiger partial charge in [0.05, 0.1) is 4.90 Å². The summed E-state index contributed by atoms with van der Waals surface area (Å²) >= 11 is 6.44. The van der Waals surface area contributed by atoms with Gasteiger partial charge in [0.2, 0.25) is 10.0 Å². The number of methoxy groups -OCH3 is 1. The Balaban J connectivity index is 3.10. The molecular formula is C12H15Br2NO5S. The number of hydrogen-bond donors (Lipinski definition) is 2. The molecule has 0 aromatic heterocycles. The van der Waals surface area contributed by atoms with Crippen LogP contribution in [0.25, 0.3) is 0 Å². The molecular weight excluding hydrogens is 430 g/mol. The smallest absolute Gasteiger partial charge is 0.321 e. The van der Waals surface area contributed by atoms with Crippen molar-refractivity contribution in [2.24, 2.45) is 0 Å². The average Bonchev–Trinajstić information content (AvgIpc) is 2.38. The summed E-state index contributed by atoms with van der Waals surface area (Å²) in [7, 11) is -2.55. The van der Waals surface area contributed by atoms with Gasteiger partial charge < -0.3 is 9.84 Å². The second-order valence-electron chi connectivity index (χ2n) is 4.33. The molecule has 0 saturated carbocycles. The maximum absolute atomic E-state index is 12.3. The van der Waals surface area contributed by atoms with E-state index in [4.69, 9.17) is 9.84 Å². The molecule has 6 nitrogen and oxygen atoms in total. The molecule has 0 fully saturated rings. The molecule has 1 rings (SSSR count). The normalized spacial score (nSPS) is 13.1. The summed E-state index contributed by atoms with van der Waals surface area (Å²) in [4.78, 5) is 11.1. The van der Waals surface area contributed by atoms with Gasteiger partial charge in [-0.15, -0.1) is 0 Å². The van der Waals surface area contributed by atoms with Crippen molar-refractivity contribution < 1.29 is 23.1 Å². The van der Waals surface area contributed by atoms with Crippen molar-refractivity contribution in [3.8, 4) is 0 Å². The fourth-order valence-electron chi connectivity index (χ4n) is 1.55. The largest absolute Gasteiger partial charge is 0.480 e. The van der Waals surface area contributed by atoms with Gasteiger partial charge in [0.25, 0.3) is 0 Å². The third-order valence-corrected chi connectivity index (χ3v) is 5.99. The van der Waals surface area contributed by atoms with Gasteiger partial charge in [-0.3, -0.25) is 4.79 Å². The van der Waals surface area contributed by atoms with Crippen molar-refractivity contribution in [2.75, 3.05) is 13.7 Å². The Morgan fingerprint density at radius 3 is 2.52 bits per heavy atom. The van der Waals surface area contributed by atoms with Crippen LogP contribution in [0.3, 0.4) is 0 Å². The van der Waals surface area contributed by atoms with E-state index in [2.05, 4.69) is 36.6 Å². The lowest BCUT2D eigenvalue weighted by Gasteiger charge is -2.16. The topological polar surface area (TPSA) is 92.7 Å². The summed E-state index contributed by atoms with van der Waals surface area (Å²) in [6.45, 7) is 1.95. The van der Waals surface area contributed by atoms with Gasteiger partial charge in [-0.05, 0) is 47.0 Å². The summed E-state index contributed by atoms with van der Waals surface area (Å²) in [5, 5.41) is 9.07. The number of rotatable bonds is 7. The first kappa shape index (κ1) is 18.6. The van der Waals surface area contributed by atoms with Crippen LogP contribution in [0.5, 0.6) is 0 Å². The zero-order chi connectivity index (χ0) is 16.2. The van der Waals surface area contributed by atoms with Crippen LogP contribution in [0.15, 0.2) is 26.0 Å². The lowest BCUT2D eigenvalue weighted by atomic mass is 10.2. The van der Waals surface area contributed by atoms with Crippen molar-refractivity contribution in [1.82, 2.24) is 4.72 Å². The monoisotopic (exact) mass is 443 g/mol. The first-order valence-corrected chi connectivity index (χ1v) is 8.95. The molecule has 0 amide bonds. The van der Waals surface area contributed by atoms with E-state index < -0.39 is 22.0 Å². The zero-order valence-corrected chi connectivity index (χ0v) is 15.4. The van der Waals surface area contributed by atoms with Crippen LogP contribution in [0.1, 0.15) is 12.0 Å². The van der Waals surface area contributed by atoms with E-state index in [1.807, 2.05) is 6.92 Å². The van der Waals surface area contributed by atoms with Crippen LogP contribution in [0, 0.1) is 6.92 Å². The van der Waals surface area contributed by atoms with E-state index in [0.29, 0.717) is 8.95 Å². The van der Waals surface area contributed by atoms with Gasteiger partial charge in [-0.2, -0.15) is 4.72 Å². The number of hydrogen-bond acceptors (Lipinski definition) is 4. The van der Waals surface area contributed by atoms with E-state index in [9.17, 15) is 13.2 Å². The van der Waals surface area contributed by atoms with E-state index >= 15 is 0 Å². The predicted octanol–water partition coefficient (Wildman–Crippen LogP) is 2.29. The van der Waals surface area contributed by atoms with Crippen LogP contribution in [0.2, 0.25) is 0 Å². The van der Waals surface area contributed by atoms with Crippen molar-refractivity contribution in [3.63, 3.8) is 0 Å². The standard InChI is InChI=1S/C12H15Br2NO5S/c1-7-5-9(14)11(6-8(7)13)21(18,19)15-10(12(16)17)3-4-20-2/h5-6,10,15H,3-4H2,1-2H3,(H,16,17). The molecule has 1 aromatic carbocycles. The summed E-state index contributed by atoms with van der Waals surface area (Å²) < 4.78 is 32.6. The first-order valence-electron chi connectivity index (χ1n) is 5.88. The fourth-order valence-corrected chi connectivity index (χ4v) is 4.45. The maximum Gasteiger partial charge on any atom is 0.321 e. The summed E-state index contributed by atoms with van der Waals surface area (Å²) in [6.07, 6.45) is 0.0374. The summed E-state index contributed by atoms with van der Waals surface area (Å²) in [5.74, 6) is -1.25. The van der Waals surface area contributed by atoms with Gasteiger partial charge in [-0.25, -0.2) is 8.42 Å². The number of aryl methyl sites for hydroxylation is 1. The Morgan fingerprint density at radius 2 is 2.00 bits per heavy atom. The second kappa shape index (κ2) is 7.68. The molecule has 0 spiro atoms. The third kappa shape index (κ3) is 5.03. The Bertz CT molecular complexity index is 633. The molecule has 0 heterocycles. The molecule has 21 heavy (non-hydrogen) atoms. The van der Waals surface area contributed by atoms with Crippen LogP contribution < -0.4 is 4.72 Å². The number of aliphatic carboxylic acids is 1. The van der Waals surface area contributed by atoms with Crippen molar-refractivity contribution in [3.05, 3.63) is 26.6 Å². The zero-order valence-electron chi connectivity index (χ0n) is 11.4. The van der Waals surface area contributed by atoms with Gasteiger partial charge in [0.15, 0.2) is 0 Å². The van der Waals surface area contributed by atoms with Crippen LogP contribution in [-0.2, 0) is 19.6 Å². The molecule has 9 heteroatoms. The number of halogens is 2. The SMILES string of the molecule is COCCC(NS(=O)(=O)c1cc(Br)c(C)cc1Br)C(=O)O. The van der Waals surface area contributed by atoms with E-state index in [-0.39, 0.29) is 17.9 Å².